The summed E-state index contributed by atoms with van der Waals surface area (Å²) in [5, 5.41) is 18.4. The fourth-order valence-corrected chi connectivity index (χ4v) is 1.40. The molecule has 60 valence electrons. The fourth-order valence-electron chi connectivity index (χ4n) is 1.40. The second-order valence-electron chi connectivity index (χ2n) is 3.25. The van der Waals surface area contributed by atoms with E-state index >= 15 is 0 Å². The van der Waals surface area contributed by atoms with Crippen LogP contribution in [0.4, 0.5) is 0 Å². The summed E-state index contributed by atoms with van der Waals surface area (Å²) in [7, 11) is 0. The zero-order valence-corrected chi connectivity index (χ0v) is 6.20. The summed E-state index contributed by atoms with van der Waals surface area (Å²) >= 11 is 0. The molecule has 4 N–H and O–H groups in total. The quantitative estimate of drug-likeness (QED) is 0.429. The van der Waals surface area contributed by atoms with E-state index < -0.39 is 6.10 Å². The Morgan fingerprint density at radius 3 is 2.30 bits per heavy atom. The maximum atomic E-state index is 9.25. The van der Waals surface area contributed by atoms with E-state index in [1.54, 1.807) is 0 Å². The lowest BCUT2D eigenvalue weighted by molar-refractivity contribution is -0.00490. The van der Waals surface area contributed by atoms with E-state index in [4.69, 9.17) is 5.73 Å². The van der Waals surface area contributed by atoms with Crippen LogP contribution in [0.2, 0.25) is 0 Å². The minimum Gasteiger partial charge on any atom is -0.393 e. The first-order valence-corrected chi connectivity index (χ1v) is 3.73. The zero-order chi connectivity index (χ0) is 7.72. The van der Waals surface area contributed by atoms with Crippen molar-refractivity contribution in [3.63, 3.8) is 0 Å². The molecular formula is C7H15NO2. The van der Waals surface area contributed by atoms with Crippen LogP contribution in [-0.2, 0) is 0 Å². The van der Waals surface area contributed by atoms with Gasteiger partial charge in [-0.1, -0.05) is 6.92 Å². The first kappa shape index (κ1) is 7.98. The molecule has 1 saturated carbocycles. The highest BCUT2D eigenvalue weighted by molar-refractivity contribution is 4.85. The Kier molecular flexibility index (Phi) is 2.28. The molecule has 1 aliphatic carbocycles. The van der Waals surface area contributed by atoms with Crippen molar-refractivity contribution in [1.29, 1.82) is 0 Å². The van der Waals surface area contributed by atoms with E-state index in [0.29, 0.717) is 6.42 Å². The Labute approximate surface area is 60.9 Å². The van der Waals surface area contributed by atoms with Crippen LogP contribution in [0.25, 0.3) is 0 Å². The predicted molar refractivity (Wildman–Crippen MR) is 38.4 cm³/mol. The van der Waals surface area contributed by atoms with Gasteiger partial charge in [0.2, 0.25) is 0 Å². The van der Waals surface area contributed by atoms with Gasteiger partial charge in [-0.15, -0.1) is 0 Å². The van der Waals surface area contributed by atoms with E-state index in [2.05, 4.69) is 0 Å². The SMILES string of the molecule is C[C@@H]1C[C@H](N)[C@@H](O)C[C@H]1O. The molecule has 10 heavy (non-hydrogen) atoms. The molecule has 3 nitrogen and oxygen atoms in total. The number of aliphatic hydroxyl groups excluding tert-OH is 2. The molecule has 1 aliphatic rings. The number of aliphatic hydroxyl groups is 2. The molecule has 0 aromatic carbocycles. The van der Waals surface area contributed by atoms with Crippen molar-refractivity contribution in [2.24, 2.45) is 11.7 Å². The average Bonchev–Trinajstić information content (AvgIpc) is 1.84. The zero-order valence-electron chi connectivity index (χ0n) is 6.20. The fraction of sp³-hybridized carbons (Fsp3) is 1.00. The van der Waals surface area contributed by atoms with Crippen LogP contribution in [0.15, 0.2) is 0 Å². The van der Waals surface area contributed by atoms with E-state index in [9.17, 15) is 10.2 Å². The minimum absolute atomic E-state index is 0.140. The van der Waals surface area contributed by atoms with Crippen LogP contribution >= 0.6 is 0 Å². The molecule has 0 bridgehead atoms. The first-order chi connectivity index (χ1) is 4.61. The molecular weight excluding hydrogens is 130 g/mol. The Morgan fingerprint density at radius 1 is 1.20 bits per heavy atom. The van der Waals surface area contributed by atoms with E-state index in [1.807, 2.05) is 6.92 Å². The summed E-state index contributed by atoms with van der Waals surface area (Å²) < 4.78 is 0. The highest BCUT2D eigenvalue weighted by Crippen LogP contribution is 2.23. The Morgan fingerprint density at radius 2 is 1.80 bits per heavy atom. The van der Waals surface area contributed by atoms with Crippen molar-refractivity contribution in [3.05, 3.63) is 0 Å². The third-order valence-electron chi connectivity index (χ3n) is 2.28. The molecule has 0 aromatic heterocycles. The van der Waals surface area contributed by atoms with Crippen LogP contribution in [0.5, 0.6) is 0 Å². The van der Waals surface area contributed by atoms with Gasteiger partial charge in [-0.2, -0.15) is 0 Å². The Hall–Kier alpha value is -0.120. The van der Waals surface area contributed by atoms with Gasteiger partial charge in [0.15, 0.2) is 0 Å². The van der Waals surface area contributed by atoms with Crippen LogP contribution in [-0.4, -0.2) is 28.5 Å². The first-order valence-electron chi connectivity index (χ1n) is 3.73. The molecule has 0 radical (unpaired) electrons. The van der Waals surface area contributed by atoms with Gasteiger partial charge in [0, 0.05) is 12.5 Å². The number of rotatable bonds is 0. The van der Waals surface area contributed by atoms with Gasteiger partial charge in [0.25, 0.3) is 0 Å². The summed E-state index contributed by atoms with van der Waals surface area (Å²) in [6.07, 6.45) is 0.283. The molecule has 0 spiro atoms. The van der Waals surface area contributed by atoms with Crippen molar-refractivity contribution < 1.29 is 10.2 Å². The lowest BCUT2D eigenvalue weighted by atomic mass is 9.83. The number of nitrogens with two attached hydrogens (primary N) is 1. The highest BCUT2D eigenvalue weighted by Gasteiger charge is 2.30. The van der Waals surface area contributed by atoms with Crippen molar-refractivity contribution >= 4 is 0 Å². The topological polar surface area (TPSA) is 66.5 Å². The maximum Gasteiger partial charge on any atom is 0.0715 e. The second-order valence-corrected chi connectivity index (χ2v) is 3.25. The van der Waals surface area contributed by atoms with Gasteiger partial charge >= 0.3 is 0 Å². The Bertz CT molecular complexity index is 92.2. The van der Waals surface area contributed by atoms with Crippen LogP contribution in [0, 0.1) is 5.92 Å². The van der Waals surface area contributed by atoms with Gasteiger partial charge in [-0.3, -0.25) is 0 Å². The van der Waals surface area contributed by atoms with E-state index in [0.717, 1.165) is 6.42 Å². The molecule has 1 rings (SSSR count). The molecule has 0 aliphatic heterocycles. The van der Waals surface area contributed by atoms with Crippen molar-refractivity contribution in [3.8, 4) is 0 Å². The number of hydrogen-bond donors (Lipinski definition) is 3. The molecule has 0 aromatic rings. The summed E-state index contributed by atoms with van der Waals surface area (Å²) in [6, 6.07) is -0.140. The molecule has 1 fully saturated rings. The van der Waals surface area contributed by atoms with Gasteiger partial charge in [-0.05, 0) is 12.3 Å². The maximum absolute atomic E-state index is 9.25. The second kappa shape index (κ2) is 2.86. The van der Waals surface area contributed by atoms with Gasteiger partial charge in [-0.25, -0.2) is 0 Å². The van der Waals surface area contributed by atoms with E-state index in [1.165, 1.54) is 0 Å². The summed E-state index contributed by atoms with van der Waals surface area (Å²) in [5.74, 6) is 0.235. The summed E-state index contributed by atoms with van der Waals surface area (Å²) in [6.45, 7) is 1.95. The van der Waals surface area contributed by atoms with Gasteiger partial charge in [0.05, 0.1) is 12.2 Å². The third kappa shape index (κ3) is 1.48. The molecule has 0 saturated heterocycles. The molecule has 0 amide bonds. The van der Waals surface area contributed by atoms with Gasteiger partial charge < -0.3 is 15.9 Å². The molecule has 0 unspecified atom stereocenters. The molecule has 3 heteroatoms. The van der Waals surface area contributed by atoms with Crippen LogP contribution in [0.1, 0.15) is 19.8 Å². The lowest BCUT2D eigenvalue weighted by Crippen LogP contribution is -2.45. The van der Waals surface area contributed by atoms with Crippen LogP contribution in [0.3, 0.4) is 0 Å². The average molecular weight is 145 g/mol. The van der Waals surface area contributed by atoms with Crippen LogP contribution < -0.4 is 5.73 Å². The largest absolute Gasteiger partial charge is 0.393 e. The normalized spacial score (nSPS) is 49.2. The van der Waals surface area contributed by atoms with Crippen molar-refractivity contribution in [2.45, 2.75) is 38.0 Å². The third-order valence-corrected chi connectivity index (χ3v) is 2.28. The smallest absolute Gasteiger partial charge is 0.0715 e. The van der Waals surface area contributed by atoms with E-state index in [-0.39, 0.29) is 18.1 Å². The lowest BCUT2D eigenvalue weighted by Gasteiger charge is -2.32. The predicted octanol–water partition coefficient (Wildman–Crippen LogP) is -0.535. The summed E-state index contributed by atoms with van der Waals surface area (Å²) in [5.41, 5.74) is 5.57. The summed E-state index contributed by atoms with van der Waals surface area (Å²) in [4.78, 5) is 0. The monoisotopic (exact) mass is 145 g/mol. The van der Waals surface area contributed by atoms with Crippen molar-refractivity contribution in [1.82, 2.24) is 0 Å². The molecule has 0 heterocycles. The minimum atomic E-state index is -0.508. The Balaban J connectivity index is 2.46. The standard InChI is InChI=1S/C7H15NO2/c1-4-2-5(8)7(10)3-6(4)9/h4-7,9-10H,2-3,8H2,1H3/t4-,5+,6-,7+/m1/s1. The highest BCUT2D eigenvalue weighted by atomic mass is 16.3. The van der Waals surface area contributed by atoms with Crippen molar-refractivity contribution in [2.75, 3.05) is 0 Å². The molecule has 4 atom stereocenters. The van der Waals surface area contributed by atoms with Gasteiger partial charge in [0.1, 0.15) is 0 Å². The number of hydrogen-bond acceptors (Lipinski definition) is 3.